The van der Waals surface area contributed by atoms with Gasteiger partial charge in [0, 0.05) is 24.7 Å². The Kier molecular flexibility index (Phi) is 5.11. The van der Waals surface area contributed by atoms with Gasteiger partial charge in [-0.1, -0.05) is 23.2 Å². The van der Waals surface area contributed by atoms with Crippen molar-refractivity contribution >= 4 is 46.4 Å². The van der Waals surface area contributed by atoms with Gasteiger partial charge in [-0.05, 0) is 30.7 Å². The Bertz CT molecular complexity index is 842. The van der Waals surface area contributed by atoms with Gasteiger partial charge in [-0.3, -0.25) is 9.59 Å². The molecule has 2 amide bonds. The number of benzene rings is 1. The minimum absolute atomic E-state index is 0.0243. The summed E-state index contributed by atoms with van der Waals surface area (Å²) >= 11 is 11.7. The van der Waals surface area contributed by atoms with Crippen molar-refractivity contribution in [2.45, 2.75) is 12.8 Å². The van der Waals surface area contributed by atoms with Crippen molar-refractivity contribution in [3.8, 4) is 5.75 Å². The molecule has 1 N–H and O–H groups in total. The zero-order valence-electron chi connectivity index (χ0n) is 13.4. The zero-order valence-corrected chi connectivity index (χ0v) is 14.9. The number of nitrogens with zero attached hydrogens (tertiary/aromatic N) is 2. The topological polar surface area (TPSA) is 71.5 Å². The summed E-state index contributed by atoms with van der Waals surface area (Å²) in [6, 6.07) is 8.11. The molecule has 0 unspecified atom stereocenters. The zero-order chi connectivity index (χ0) is 18.0. The minimum Gasteiger partial charge on any atom is -0.494 e. The van der Waals surface area contributed by atoms with Crippen LogP contribution in [0.2, 0.25) is 10.3 Å². The van der Waals surface area contributed by atoms with Crippen molar-refractivity contribution in [3.05, 3.63) is 46.2 Å². The molecule has 130 valence electrons. The normalized spacial score (nSPS) is 13.9. The molecule has 0 atom stereocenters. The molecule has 0 radical (unpaired) electrons. The van der Waals surface area contributed by atoms with E-state index in [0.717, 1.165) is 6.42 Å². The maximum Gasteiger partial charge on any atom is 0.258 e. The molecule has 1 fully saturated rings. The summed E-state index contributed by atoms with van der Waals surface area (Å²) in [5.74, 6) is 0.156. The Balaban J connectivity index is 1.83. The fraction of sp³-hybridized carbons (Fsp3) is 0.235. The maximum absolute atomic E-state index is 12.4. The van der Waals surface area contributed by atoms with Crippen molar-refractivity contribution in [1.29, 1.82) is 0 Å². The number of hydrogen-bond donors (Lipinski definition) is 1. The Morgan fingerprint density at radius 1 is 1.28 bits per heavy atom. The monoisotopic (exact) mass is 379 g/mol. The standard InChI is InChI=1S/C17H15Cl2N3O3/c1-25-13-9-10(4-6-12(13)22-8-2-3-15(22)23)20-17(24)11-5-7-14(18)21-16(11)19/h4-7,9H,2-3,8H2,1H3,(H,20,24). The molecule has 1 aromatic heterocycles. The van der Waals surface area contributed by atoms with Crippen molar-refractivity contribution in [3.63, 3.8) is 0 Å². The van der Waals surface area contributed by atoms with Crippen LogP contribution in [0.4, 0.5) is 11.4 Å². The van der Waals surface area contributed by atoms with Gasteiger partial charge in [0.2, 0.25) is 5.91 Å². The van der Waals surface area contributed by atoms with Crippen LogP contribution in [0.5, 0.6) is 5.75 Å². The minimum atomic E-state index is -0.416. The number of ether oxygens (including phenoxy) is 1. The number of amides is 2. The summed E-state index contributed by atoms with van der Waals surface area (Å²) in [5.41, 5.74) is 1.42. The fourth-order valence-corrected chi connectivity index (χ4v) is 3.09. The molecule has 2 aromatic rings. The molecule has 0 aliphatic carbocycles. The SMILES string of the molecule is COc1cc(NC(=O)c2ccc(Cl)nc2Cl)ccc1N1CCCC1=O. The van der Waals surface area contributed by atoms with Crippen LogP contribution in [-0.2, 0) is 4.79 Å². The van der Waals surface area contributed by atoms with E-state index in [2.05, 4.69) is 10.3 Å². The van der Waals surface area contributed by atoms with Crippen molar-refractivity contribution in [2.75, 3.05) is 23.9 Å². The highest BCUT2D eigenvalue weighted by Gasteiger charge is 2.24. The average molecular weight is 380 g/mol. The van der Waals surface area contributed by atoms with E-state index in [1.807, 2.05) is 0 Å². The predicted molar refractivity (Wildman–Crippen MR) is 96.8 cm³/mol. The molecular weight excluding hydrogens is 365 g/mol. The molecule has 6 nitrogen and oxygen atoms in total. The number of halogens is 2. The van der Waals surface area contributed by atoms with Crippen molar-refractivity contribution in [1.82, 2.24) is 4.98 Å². The van der Waals surface area contributed by atoms with Gasteiger partial charge in [-0.15, -0.1) is 0 Å². The van der Waals surface area contributed by atoms with Crippen LogP contribution in [0.1, 0.15) is 23.2 Å². The van der Waals surface area contributed by atoms with Gasteiger partial charge in [0.25, 0.3) is 5.91 Å². The van der Waals surface area contributed by atoms with Gasteiger partial charge >= 0.3 is 0 Å². The number of pyridine rings is 1. The lowest BCUT2D eigenvalue weighted by molar-refractivity contribution is -0.117. The van der Waals surface area contributed by atoms with Crippen LogP contribution in [0.25, 0.3) is 0 Å². The smallest absolute Gasteiger partial charge is 0.258 e. The molecule has 1 aliphatic rings. The van der Waals surface area contributed by atoms with E-state index in [1.165, 1.54) is 19.2 Å². The average Bonchev–Trinajstić information content (AvgIpc) is 3.00. The lowest BCUT2D eigenvalue weighted by Crippen LogP contribution is -2.24. The lowest BCUT2D eigenvalue weighted by atomic mass is 10.2. The van der Waals surface area contributed by atoms with E-state index in [1.54, 1.807) is 23.1 Å². The first-order valence-corrected chi connectivity index (χ1v) is 8.37. The first-order valence-electron chi connectivity index (χ1n) is 7.61. The molecule has 0 saturated carbocycles. The van der Waals surface area contributed by atoms with Gasteiger partial charge in [-0.2, -0.15) is 0 Å². The summed E-state index contributed by atoms with van der Waals surface area (Å²) in [7, 11) is 1.52. The Morgan fingerprint density at radius 3 is 2.72 bits per heavy atom. The molecule has 0 bridgehead atoms. The number of anilines is 2. The van der Waals surface area contributed by atoms with Crippen molar-refractivity contribution in [2.24, 2.45) is 0 Å². The largest absolute Gasteiger partial charge is 0.494 e. The van der Waals surface area contributed by atoms with Gasteiger partial charge in [0.05, 0.1) is 18.4 Å². The van der Waals surface area contributed by atoms with Crippen LogP contribution in [-0.4, -0.2) is 30.5 Å². The summed E-state index contributed by atoms with van der Waals surface area (Å²) in [6.07, 6.45) is 1.35. The number of methoxy groups -OCH3 is 1. The third-order valence-electron chi connectivity index (χ3n) is 3.86. The quantitative estimate of drug-likeness (QED) is 0.820. The molecule has 3 rings (SSSR count). The molecule has 1 aliphatic heterocycles. The summed E-state index contributed by atoms with van der Waals surface area (Å²) in [5, 5.41) is 2.97. The number of carbonyl (C=O) groups is 2. The second kappa shape index (κ2) is 7.29. The first kappa shape index (κ1) is 17.5. The van der Waals surface area contributed by atoms with Gasteiger partial charge in [-0.25, -0.2) is 4.98 Å². The Labute approximate surface area is 154 Å². The highest BCUT2D eigenvalue weighted by Crippen LogP contribution is 2.34. The van der Waals surface area contributed by atoms with Crippen LogP contribution in [0.15, 0.2) is 30.3 Å². The van der Waals surface area contributed by atoms with E-state index in [4.69, 9.17) is 27.9 Å². The Morgan fingerprint density at radius 2 is 2.08 bits per heavy atom. The van der Waals surface area contributed by atoms with E-state index in [0.29, 0.717) is 30.1 Å². The third kappa shape index (κ3) is 3.70. The molecular formula is C17H15Cl2N3O3. The molecule has 1 saturated heterocycles. The van der Waals surface area contributed by atoms with Gasteiger partial charge in [0.15, 0.2) is 0 Å². The molecule has 25 heavy (non-hydrogen) atoms. The lowest BCUT2D eigenvalue weighted by Gasteiger charge is -2.19. The van der Waals surface area contributed by atoms with Crippen LogP contribution >= 0.6 is 23.2 Å². The second-order valence-electron chi connectivity index (χ2n) is 5.46. The summed E-state index contributed by atoms with van der Waals surface area (Å²) in [4.78, 5) is 29.8. The summed E-state index contributed by atoms with van der Waals surface area (Å²) in [6.45, 7) is 0.660. The van der Waals surface area contributed by atoms with Crippen LogP contribution in [0.3, 0.4) is 0 Å². The number of hydrogen-bond acceptors (Lipinski definition) is 4. The van der Waals surface area contributed by atoms with E-state index < -0.39 is 5.91 Å². The fourth-order valence-electron chi connectivity index (χ4n) is 2.66. The van der Waals surface area contributed by atoms with Crippen LogP contribution < -0.4 is 15.0 Å². The predicted octanol–water partition coefficient (Wildman–Crippen LogP) is 3.78. The van der Waals surface area contributed by atoms with E-state index >= 15 is 0 Å². The second-order valence-corrected chi connectivity index (χ2v) is 6.21. The van der Waals surface area contributed by atoms with Gasteiger partial charge in [0.1, 0.15) is 16.1 Å². The first-order chi connectivity index (χ1) is 12.0. The molecule has 1 aromatic carbocycles. The molecule has 0 spiro atoms. The van der Waals surface area contributed by atoms with E-state index in [-0.39, 0.29) is 21.8 Å². The Hall–Kier alpha value is -2.31. The highest BCUT2D eigenvalue weighted by molar-refractivity contribution is 6.35. The van der Waals surface area contributed by atoms with Gasteiger partial charge < -0.3 is 15.0 Å². The molecule has 2 heterocycles. The number of rotatable bonds is 4. The highest BCUT2D eigenvalue weighted by atomic mass is 35.5. The third-order valence-corrected chi connectivity index (χ3v) is 4.36. The summed E-state index contributed by atoms with van der Waals surface area (Å²) < 4.78 is 5.37. The number of aromatic nitrogens is 1. The van der Waals surface area contributed by atoms with Crippen LogP contribution in [0, 0.1) is 0 Å². The maximum atomic E-state index is 12.4. The van der Waals surface area contributed by atoms with Crippen molar-refractivity contribution < 1.29 is 14.3 Å². The van der Waals surface area contributed by atoms with E-state index in [9.17, 15) is 9.59 Å². The number of nitrogens with one attached hydrogen (secondary N) is 1. The number of carbonyl (C=O) groups excluding carboxylic acids is 2. The molecule has 8 heteroatoms.